The van der Waals surface area contributed by atoms with Gasteiger partial charge in [0.2, 0.25) is 5.91 Å². The zero-order valence-electron chi connectivity index (χ0n) is 19.7. The van der Waals surface area contributed by atoms with Gasteiger partial charge in [0.15, 0.2) is 11.5 Å². The molecule has 0 unspecified atom stereocenters. The number of fused-ring (bicyclic) bond motifs is 1. The quantitative estimate of drug-likeness (QED) is 0.408. The number of carbonyl (C=O) groups excluding carboxylic acids is 3. The fourth-order valence-corrected chi connectivity index (χ4v) is 4.47. The molecular weight excluding hydrogens is 464 g/mol. The molecule has 180 valence electrons. The van der Waals surface area contributed by atoms with E-state index in [9.17, 15) is 14.4 Å². The lowest BCUT2D eigenvalue weighted by atomic mass is 10.1. The van der Waals surface area contributed by atoms with Crippen LogP contribution in [0.1, 0.15) is 25.8 Å². The first-order valence-corrected chi connectivity index (χ1v) is 12.1. The van der Waals surface area contributed by atoms with Crippen LogP contribution in [0.25, 0.3) is 16.8 Å². The van der Waals surface area contributed by atoms with Crippen LogP contribution in [0, 0.1) is 0 Å². The number of methoxy groups -OCH3 is 1. The van der Waals surface area contributed by atoms with Crippen molar-refractivity contribution < 1.29 is 23.9 Å². The van der Waals surface area contributed by atoms with E-state index in [4.69, 9.17) is 9.47 Å². The maximum absolute atomic E-state index is 12.9. The van der Waals surface area contributed by atoms with E-state index in [-0.39, 0.29) is 17.6 Å². The van der Waals surface area contributed by atoms with E-state index in [1.54, 1.807) is 37.5 Å². The van der Waals surface area contributed by atoms with Crippen molar-refractivity contribution in [2.75, 3.05) is 19.0 Å². The maximum atomic E-state index is 12.9. The third-order valence-electron chi connectivity index (χ3n) is 5.63. The molecule has 3 aromatic carbocycles. The molecule has 1 saturated heterocycles. The molecular formula is C27H26N2O5S. The smallest absolute Gasteiger partial charge is 0.294 e. The molecule has 0 bridgehead atoms. The van der Waals surface area contributed by atoms with Crippen molar-refractivity contribution in [1.29, 1.82) is 0 Å². The third-order valence-corrected chi connectivity index (χ3v) is 6.53. The number of carbonyl (C=O) groups is 3. The zero-order valence-corrected chi connectivity index (χ0v) is 20.6. The molecule has 1 heterocycles. The molecule has 7 nitrogen and oxygen atoms in total. The lowest BCUT2D eigenvalue weighted by Crippen LogP contribution is -2.36. The maximum Gasteiger partial charge on any atom is 0.294 e. The third kappa shape index (κ3) is 5.49. The van der Waals surface area contributed by atoms with E-state index in [0.717, 1.165) is 33.9 Å². The highest BCUT2D eigenvalue weighted by molar-refractivity contribution is 8.18. The highest BCUT2D eigenvalue weighted by Gasteiger charge is 2.36. The molecule has 4 rings (SSSR count). The van der Waals surface area contributed by atoms with Gasteiger partial charge in [-0.25, -0.2) is 0 Å². The molecule has 1 aliphatic rings. The number of amides is 3. The second-order valence-corrected chi connectivity index (χ2v) is 9.08. The Morgan fingerprint density at radius 3 is 2.63 bits per heavy atom. The number of hydrogen-bond donors (Lipinski definition) is 1. The Morgan fingerprint density at radius 1 is 1.09 bits per heavy atom. The number of nitrogens with zero attached hydrogens (tertiary/aromatic N) is 1. The van der Waals surface area contributed by atoms with Crippen molar-refractivity contribution in [3.63, 3.8) is 0 Å². The Hall–Kier alpha value is -3.78. The molecule has 1 N–H and O–H groups in total. The molecule has 1 fully saturated rings. The molecule has 3 aromatic rings. The molecule has 0 saturated carbocycles. The Morgan fingerprint density at radius 2 is 1.86 bits per heavy atom. The van der Waals surface area contributed by atoms with Gasteiger partial charge in [-0.2, -0.15) is 0 Å². The first-order chi connectivity index (χ1) is 16.9. The van der Waals surface area contributed by atoms with Crippen LogP contribution < -0.4 is 14.8 Å². The van der Waals surface area contributed by atoms with Gasteiger partial charge in [0, 0.05) is 11.1 Å². The Bertz CT molecular complexity index is 1310. The van der Waals surface area contributed by atoms with E-state index < -0.39 is 17.1 Å². The van der Waals surface area contributed by atoms with Crippen LogP contribution in [0.15, 0.2) is 65.6 Å². The fourth-order valence-electron chi connectivity index (χ4n) is 3.63. The number of thioether (sulfide) groups is 1. The summed E-state index contributed by atoms with van der Waals surface area (Å²) in [7, 11) is 1.55. The largest absolute Gasteiger partial charge is 0.493 e. The van der Waals surface area contributed by atoms with Crippen LogP contribution in [0.5, 0.6) is 11.5 Å². The Kier molecular flexibility index (Phi) is 7.41. The number of rotatable bonds is 8. The molecule has 8 heteroatoms. The van der Waals surface area contributed by atoms with Gasteiger partial charge in [0.25, 0.3) is 11.1 Å². The van der Waals surface area contributed by atoms with Gasteiger partial charge >= 0.3 is 0 Å². The Labute approximate surface area is 208 Å². The van der Waals surface area contributed by atoms with E-state index in [0.29, 0.717) is 22.7 Å². The normalized spacial score (nSPS) is 15.5. The summed E-state index contributed by atoms with van der Waals surface area (Å²) >= 11 is 0.806. The molecule has 1 atom stereocenters. The summed E-state index contributed by atoms with van der Waals surface area (Å²) in [5.41, 5.74) is 1.31. The second kappa shape index (κ2) is 10.7. The lowest BCUT2D eigenvalue weighted by Gasteiger charge is -2.15. The summed E-state index contributed by atoms with van der Waals surface area (Å²) in [5.74, 6) is 0.190. The van der Waals surface area contributed by atoms with Crippen molar-refractivity contribution in [3.8, 4) is 11.5 Å². The highest BCUT2D eigenvalue weighted by Crippen LogP contribution is 2.35. The van der Waals surface area contributed by atoms with E-state index in [2.05, 4.69) is 5.32 Å². The van der Waals surface area contributed by atoms with Gasteiger partial charge < -0.3 is 14.8 Å². The van der Waals surface area contributed by atoms with Crippen LogP contribution >= 0.6 is 11.8 Å². The molecule has 0 aromatic heterocycles. The summed E-state index contributed by atoms with van der Waals surface area (Å²) in [6.07, 6.45) is 2.50. The van der Waals surface area contributed by atoms with Gasteiger partial charge in [-0.1, -0.05) is 49.4 Å². The van der Waals surface area contributed by atoms with Crippen LogP contribution in [0.4, 0.5) is 10.5 Å². The molecule has 0 spiro atoms. The average molecular weight is 491 g/mol. The SMILES string of the molecule is CC[C@H](C)Oc1ccc(/C=C2\SC(=O)N(CC(=O)Nc3cccc4ccccc34)C2=O)cc1OC. The zero-order chi connectivity index (χ0) is 24.9. The number of hydrogen-bond acceptors (Lipinski definition) is 6. The fraction of sp³-hybridized carbons (Fsp3) is 0.222. The van der Waals surface area contributed by atoms with Crippen molar-refractivity contribution in [3.05, 3.63) is 71.1 Å². The summed E-state index contributed by atoms with van der Waals surface area (Å²) < 4.78 is 11.3. The highest BCUT2D eigenvalue weighted by atomic mass is 32.2. The van der Waals surface area contributed by atoms with E-state index >= 15 is 0 Å². The van der Waals surface area contributed by atoms with Crippen LogP contribution in [-0.4, -0.2) is 41.7 Å². The van der Waals surface area contributed by atoms with Crippen LogP contribution in [0.2, 0.25) is 0 Å². The van der Waals surface area contributed by atoms with Gasteiger partial charge in [-0.15, -0.1) is 0 Å². The van der Waals surface area contributed by atoms with Gasteiger partial charge in [-0.05, 0) is 60.3 Å². The topological polar surface area (TPSA) is 84.9 Å². The van der Waals surface area contributed by atoms with E-state index in [1.807, 2.05) is 50.2 Å². The van der Waals surface area contributed by atoms with Crippen molar-refractivity contribution in [2.24, 2.45) is 0 Å². The number of nitrogens with one attached hydrogen (secondary N) is 1. The number of benzene rings is 3. The van der Waals surface area contributed by atoms with Crippen LogP contribution in [-0.2, 0) is 9.59 Å². The molecule has 35 heavy (non-hydrogen) atoms. The molecule has 0 aliphatic carbocycles. The Balaban J connectivity index is 1.47. The van der Waals surface area contributed by atoms with Gasteiger partial charge in [0.05, 0.1) is 18.1 Å². The predicted molar refractivity (Wildman–Crippen MR) is 139 cm³/mol. The van der Waals surface area contributed by atoms with Gasteiger partial charge in [-0.3, -0.25) is 19.3 Å². The summed E-state index contributed by atoms with van der Waals surface area (Å²) in [4.78, 5) is 39.3. The van der Waals surface area contributed by atoms with Crippen molar-refractivity contribution in [1.82, 2.24) is 4.90 Å². The van der Waals surface area contributed by atoms with Gasteiger partial charge in [0.1, 0.15) is 6.54 Å². The lowest BCUT2D eigenvalue weighted by molar-refractivity contribution is -0.127. The predicted octanol–water partition coefficient (Wildman–Crippen LogP) is 5.70. The summed E-state index contributed by atoms with van der Waals surface area (Å²) in [6, 6.07) is 18.6. The average Bonchev–Trinajstić information content (AvgIpc) is 3.12. The number of imide groups is 1. The minimum atomic E-state index is -0.507. The molecule has 1 aliphatic heterocycles. The first-order valence-electron chi connectivity index (χ1n) is 11.3. The standard InChI is InChI=1S/C27H26N2O5S/c1-4-17(2)34-22-13-12-18(14-23(22)33-3)15-24-26(31)29(27(32)35-24)16-25(30)28-21-11-7-9-19-8-5-6-10-20(19)21/h5-15,17H,4,16H2,1-3H3,(H,28,30)/b24-15-/t17-/m0/s1. The number of ether oxygens (including phenoxy) is 2. The van der Waals surface area contributed by atoms with Crippen molar-refractivity contribution in [2.45, 2.75) is 26.4 Å². The van der Waals surface area contributed by atoms with Crippen LogP contribution in [0.3, 0.4) is 0 Å². The monoisotopic (exact) mass is 490 g/mol. The second-order valence-electron chi connectivity index (χ2n) is 8.09. The minimum Gasteiger partial charge on any atom is -0.493 e. The summed E-state index contributed by atoms with van der Waals surface area (Å²) in [5, 5.41) is 4.19. The number of anilines is 1. The summed E-state index contributed by atoms with van der Waals surface area (Å²) in [6.45, 7) is 3.64. The van der Waals surface area contributed by atoms with Crippen molar-refractivity contribution >= 4 is 51.4 Å². The molecule has 3 amide bonds. The van der Waals surface area contributed by atoms with E-state index in [1.165, 1.54) is 0 Å². The molecule has 0 radical (unpaired) electrons. The minimum absolute atomic E-state index is 0.0336. The first kappa shape index (κ1) is 24.3.